The lowest BCUT2D eigenvalue weighted by Crippen LogP contribution is -2.07. The predicted octanol–water partition coefficient (Wildman–Crippen LogP) is 5.51. The van der Waals surface area contributed by atoms with Crippen LogP contribution in [0.3, 0.4) is 0 Å². The van der Waals surface area contributed by atoms with Crippen molar-refractivity contribution < 1.29 is 28.5 Å². The van der Waals surface area contributed by atoms with Crippen LogP contribution in [0, 0.1) is 27.2 Å². The molecule has 1 aromatic heterocycles. The van der Waals surface area contributed by atoms with Crippen molar-refractivity contribution in [3.63, 3.8) is 0 Å². The number of hydrogen-bond acceptors (Lipinski definition) is 9. The molecule has 0 aliphatic heterocycles. The van der Waals surface area contributed by atoms with Gasteiger partial charge in [0.2, 0.25) is 16.9 Å². The molecule has 0 fully saturated rings. The molecule has 0 saturated heterocycles. The first-order valence-corrected chi connectivity index (χ1v) is 9.77. The molecule has 0 amide bonds. The first-order chi connectivity index (χ1) is 16.3. The maximum atomic E-state index is 13.0. The lowest BCUT2D eigenvalue weighted by Gasteiger charge is -2.11. The van der Waals surface area contributed by atoms with E-state index in [2.05, 4.69) is 0 Å². The molecule has 0 spiro atoms. The van der Waals surface area contributed by atoms with Crippen molar-refractivity contribution in [2.45, 2.75) is 6.92 Å². The number of rotatable bonds is 7. The van der Waals surface area contributed by atoms with Crippen LogP contribution in [0.15, 0.2) is 69.9 Å². The zero-order valence-electron chi connectivity index (χ0n) is 17.8. The van der Waals surface area contributed by atoms with E-state index in [1.54, 1.807) is 31.2 Å². The zero-order valence-corrected chi connectivity index (χ0v) is 17.8. The maximum absolute atomic E-state index is 13.0. The highest BCUT2D eigenvalue weighted by Gasteiger charge is 2.22. The number of methoxy groups -OCH3 is 1. The molecular formula is C23H16N2O9. The quantitative estimate of drug-likeness (QED) is 0.255. The second-order valence-corrected chi connectivity index (χ2v) is 7.02. The average molecular weight is 464 g/mol. The summed E-state index contributed by atoms with van der Waals surface area (Å²) in [6.45, 7) is 1.56. The van der Waals surface area contributed by atoms with Gasteiger partial charge in [-0.3, -0.25) is 25.0 Å². The van der Waals surface area contributed by atoms with Crippen molar-refractivity contribution in [2.24, 2.45) is 0 Å². The molecule has 0 unspecified atom stereocenters. The molecular weight excluding hydrogens is 448 g/mol. The molecule has 0 aliphatic rings. The van der Waals surface area contributed by atoms with E-state index in [0.29, 0.717) is 11.5 Å². The number of fused-ring (bicyclic) bond motifs is 1. The Balaban J connectivity index is 1.69. The molecule has 3 aromatic carbocycles. The zero-order chi connectivity index (χ0) is 24.4. The van der Waals surface area contributed by atoms with E-state index >= 15 is 0 Å². The Morgan fingerprint density at radius 1 is 0.853 bits per heavy atom. The summed E-state index contributed by atoms with van der Waals surface area (Å²) < 4.78 is 22.2. The summed E-state index contributed by atoms with van der Waals surface area (Å²) in [5.74, 6) is 1.08. The topological polar surface area (TPSA) is 144 Å². The van der Waals surface area contributed by atoms with Crippen LogP contribution < -0.4 is 19.6 Å². The molecule has 0 N–H and O–H groups in total. The number of non-ortho nitro benzene ring substituents is 1. The van der Waals surface area contributed by atoms with Crippen LogP contribution in [0.4, 0.5) is 11.4 Å². The third-order valence-corrected chi connectivity index (χ3v) is 4.83. The van der Waals surface area contributed by atoms with E-state index < -0.39 is 26.7 Å². The monoisotopic (exact) mass is 464 g/mol. The highest BCUT2D eigenvalue weighted by Crippen LogP contribution is 2.36. The van der Waals surface area contributed by atoms with Gasteiger partial charge in [-0.15, -0.1) is 0 Å². The van der Waals surface area contributed by atoms with Gasteiger partial charge in [0.25, 0.3) is 5.69 Å². The second kappa shape index (κ2) is 8.90. The fourth-order valence-corrected chi connectivity index (χ4v) is 3.21. The first kappa shape index (κ1) is 22.3. The normalized spacial score (nSPS) is 10.6. The van der Waals surface area contributed by atoms with Gasteiger partial charge in [0, 0.05) is 18.2 Å². The lowest BCUT2D eigenvalue weighted by atomic mass is 10.2. The Labute approximate surface area is 191 Å². The molecule has 0 radical (unpaired) electrons. The molecule has 11 heteroatoms. The maximum Gasteiger partial charge on any atom is 0.318 e. The highest BCUT2D eigenvalue weighted by molar-refractivity contribution is 5.80. The fraction of sp³-hybridized carbons (Fsp3) is 0.0870. The van der Waals surface area contributed by atoms with Crippen LogP contribution in [0.25, 0.3) is 11.0 Å². The number of nitro groups is 2. The SMILES string of the molecule is COc1cccc(Oc2c(C)oc3cc(Oc4ccc([N+](=O)[O-])cc4[N+](=O)[O-])ccc3c2=O)c1. The summed E-state index contributed by atoms with van der Waals surface area (Å²) in [4.78, 5) is 33.7. The molecule has 11 nitrogen and oxygen atoms in total. The minimum absolute atomic E-state index is 0.000396. The van der Waals surface area contributed by atoms with Crippen molar-refractivity contribution >= 4 is 22.3 Å². The summed E-state index contributed by atoms with van der Waals surface area (Å²) in [6.07, 6.45) is 0. The van der Waals surface area contributed by atoms with Crippen LogP contribution in [-0.4, -0.2) is 17.0 Å². The average Bonchev–Trinajstić information content (AvgIpc) is 2.81. The molecule has 0 atom stereocenters. The summed E-state index contributed by atoms with van der Waals surface area (Å²) in [5.41, 5.74) is -1.27. The smallest absolute Gasteiger partial charge is 0.318 e. The minimum Gasteiger partial charge on any atom is -0.497 e. The Hall–Kier alpha value is -4.93. The number of hydrogen-bond donors (Lipinski definition) is 0. The molecule has 172 valence electrons. The summed E-state index contributed by atoms with van der Waals surface area (Å²) in [5, 5.41) is 22.5. The number of ether oxygens (including phenoxy) is 3. The highest BCUT2D eigenvalue weighted by atomic mass is 16.6. The van der Waals surface area contributed by atoms with Crippen LogP contribution in [0.5, 0.6) is 28.7 Å². The molecule has 4 rings (SSSR count). The fourth-order valence-electron chi connectivity index (χ4n) is 3.21. The third kappa shape index (κ3) is 4.35. The predicted molar refractivity (Wildman–Crippen MR) is 120 cm³/mol. The molecule has 0 saturated carbocycles. The molecule has 4 aromatic rings. The molecule has 0 bridgehead atoms. The number of benzene rings is 3. The van der Waals surface area contributed by atoms with E-state index in [0.717, 1.165) is 18.2 Å². The molecule has 0 aliphatic carbocycles. The van der Waals surface area contributed by atoms with Crippen molar-refractivity contribution in [3.05, 3.63) is 96.9 Å². The van der Waals surface area contributed by atoms with E-state index in [1.165, 1.54) is 25.3 Å². The van der Waals surface area contributed by atoms with Gasteiger partial charge in [-0.05, 0) is 37.3 Å². The van der Waals surface area contributed by atoms with E-state index in [4.69, 9.17) is 18.6 Å². The van der Waals surface area contributed by atoms with Crippen molar-refractivity contribution in [1.29, 1.82) is 0 Å². The number of aryl methyl sites for hydroxylation is 1. The van der Waals surface area contributed by atoms with Gasteiger partial charge >= 0.3 is 5.69 Å². The van der Waals surface area contributed by atoms with Gasteiger partial charge in [-0.2, -0.15) is 0 Å². The molecule has 34 heavy (non-hydrogen) atoms. The Kier molecular flexibility index (Phi) is 5.83. The first-order valence-electron chi connectivity index (χ1n) is 9.77. The Morgan fingerprint density at radius 3 is 2.29 bits per heavy atom. The number of nitro benzene ring substituents is 2. The van der Waals surface area contributed by atoms with Crippen LogP contribution in [0.1, 0.15) is 5.76 Å². The van der Waals surface area contributed by atoms with Gasteiger partial charge in [-0.1, -0.05) is 6.07 Å². The van der Waals surface area contributed by atoms with Crippen LogP contribution in [-0.2, 0) is 0 Å². The van der Waals surface area contributed by atoms with Crippen molar-refractivity contribution in [2.75, 3.05) is 7.11 Å². The third-order valence-electron chi connectivity index (χ3n) is 4.83. The van der Waals surface area contributed by atoms with Gasteiger partial charge in [0.15, 0.2) is 0 Å². The summed E-state index contributed by atoms with van der Waals surface area (Å²) in [6, 6.07) is 14.0. The van der Waals surface area contributed by atoms with E-state index in [1.807, 2.05) is 0 Å². The van der Waals surface area contributed by atoms with Crippen molar-refractivity contribution in [1.82, 2.24) is 0 Å². The summed E-state index contributed by atoms with van der Waals surface area (Å²) >= 11 is 0. The Morgan fingerprint density at radius 2 is 1.59 bits per heavy atom. The van der Waals surface area contributed by atoms with Gasteiger partial charge in [-0.25, -0.2) is 0 Å². The van der Waals surface area contributed by atoms with Crippen molar-refractivity contribution in [3.8, 4) is 28.7 Å². The van der Waals surface area contributed by atoms with Gasteiger partial charge < -0.3 is 18.6 Å². The second-order valence-electron chi connectivity index (χ2n) is 7.02. The summed E-state index contributed by atoms with van der Waals surface area (Å²) in [7, 11) is 1.51. The van der Waals surface area contributed by atoms with Gasteiger partial charge in [0.1, 0.15) is 28.6 Å². The largest absolute Gasteiger partial charge is 0.497 e. The molecule has 1 heterocycles. The van der Waals surface area contributed by atoms with Crippen LogP contribution in [0.2, 0.25) is 0 Å². The van der Waals surface area contributed by atoms with E-state index in [-0.39, 0.29) is 34.0 Å². The van der Waals surface area contributed by atoms with E-state index in [9.17, 15) is 25.0 Å². The Bertz CT molecular complexity index is 1490. The number of nitrogens with zero attached hydrogens (tertiary/aromatic N) is 2. The minimum atomic E-state index is -0.782. The van der Waals surface area contributed by atoms with Gasteiger partial charge in [0.05, 0.1) is 28.4 Å². The standard InChI is InChI=1S/C23H16N2O9/c1-13-23(34-16-5-3-4-15(11-16)31-2)22(26)18-8-7-17(12-21(18)32-13)33-20-9-6-14(24(27)28)10-19(20)25(29)30/h3-12H,1-2H3. The van der Waals surface area contributed by atoms with Crippen LogP contribution >= 0.6 is 0 Å². The lowest BCUT2D eigenvalue weighted by molar-refractivity contribution is -0.394.